The molecule has 2 aromatic carbocycles. The average molecular weight is 393 g/mol. The van der Waals surface area contributed by atoms with Gasteiger partial charge in [-0.3, -0.25) is 24.6 Å². The number of nitrogens with zero attached hydrogens (tertiary/aromatic N) is 3. The summed E-state index contributed by atoms with van der Waals surface area (Å²) in [6.45, 7) is -0.000770. The van der Waals surface area contributed by atoms with Gasteiger partial charge in [0, 0.05) is 41.8 Å². The van der Waals surface area contributed by atoms with Gasteiger partial charge >= 0.3 is 0 Å². The highest BCUT2D eigenvalue weighted by molar-refractivity contribution is 8.18. The molecule has 140 valence electrons. The average Bonchev–Trinajstić information content (AvgIpc) is 3.14. The van der Waals surface area contributed by atoms with E-state index < -0.39 is 10.8 Å². The summed E-state index contributed by atoms with van der Waals surface area (Å²) >= 11 is 0.880. The zero-order valence-electron chi connectivity index (χ0n) is 14.9. The molecule has 4 rings (SSSR count). The molecule has 1 aliphatic rings. The molecule has 0 atom stereocenters. The number of imide groups is 1. The fourth-order valence-corrected chi connectivity index (χ4v) is 4.05. The second-order valence-electron chi connectivity index (χ2n) is 6.41. The first-order valence-corrected chi connectivity index (χ1v) is 9.28. The number of thioether (sulfide) groups is 1. The monoisotopic (exact) mass is 393 g/mol. The minimum Gasteiger partial charge on any atom is -0.350 e. The number of aryl methyl sites for hydroxylation is 1. The number of amides is 2. The maximum atomic E-state index is 12.8. The van der Waals surface area contributed by atoms with Crippen molar-refractivity contribution in [2.24, 2.45) is 7.05 Å². The molecule has 1 aromatic heterocycles. The molecule has 1 fully saturated rings. The molecule has 7 nitrogen and oxygen atoms in total. The van der Waals surface area contributed by atoms with Crippen molar-refractivity contribution in [3.8, 4) is 0 Å². The molecule has 0 N–H and O–H groups in total. The van der Waals surface area contributed by atoms with E-state index in [2.05, 4.69) is 0 Å². The molecule has 1 aliphatic heterocycles. The fourth-order valence-electron chi connectivity index (χ4n) is 3.22. The van der Waals surface area contributed by atoms with Crippen molar-refractivity contribution in [3.05, 3.63) is 80.9 Å². The van der Waals surface area contributed by atoms with E-state index in [-0.39, 0.29) is 17.5 Å². The van der Waals surface area contributed by atoms with Crippen LogP contribution < -0.4 is 0 Å². The van der Waals surface area contributed by atoms with E-state index in [0.717, 1.165) is 33.1 Å². The Bertz CT molecular complexity index is 1170. The van der Waals surface area contributed by atoms with Crippen LogP contribution in [0.1, 0.15) is 11.1 Å². The van der Waals surface area contributed by atoms with E-state index in [0.29, 0.717) is 10.5 Å². The first-order valence-electron chi connectivity index (χ1n) is 8.47. The number of non-ortho nitro benzene ring substituents is 1. The van der Waals surface area contributed by atoms with E-state index in [9.17, 15) is 19.7 Å². The third-order valence-corrected chi connectivity index (χ3v) is 5.46. The zero-order chi connectivity index (χ0) is 19.8. The molecule has 0 aliphatic carbocycles. The van der Waals surface area contributed by atoms with E-state index in [1.807, 2.05) is 42.1 Å². The van der Waals surface area contributed by atoms with Crippen LogP contribution >= 0.6 is 11.8 Å². The molecule has 0 spiro atoms. The standard InChI is InChI=1S/C20H15N3O4S/c1-21-12-14(16-7-2-3-8-17(16)21)10-18-19(24)22(20(25)28-18)11-13-5-4-6-15(9-13)23(26)27/h2-10,12H,11H2,1H3/b18-10-. The molecular weight excluding hydrogens is 378 g/mol. The van der Waals surface area contributed by atoms with Crippen LogP contribution in [0.15, 0.2) is 59.6 Å². The summed E-state index contributed by atoms with van der Waals surface area (Å²) in [5.41, 5.74) is 2.35. The van der Waals surface area contributed by atoms with Gasteiger partial charge in [0.1, 0.15) is 0 Å². The molecule has 28 heavy (non-hydrogen) atoms. The van der Waals surface area contributed by atoms with Gasteiger partial charge in [-0.1, -0.05) is 30.3 Å². The molecule has 8 heteroatoms. The Kier molecular flexibility index (Phi) is 4.48. The summed E-state index contributed by atoms with van der Waals surface area (Å²) in [4.78, 5) is 37.0. The smallest absolute Gasteiger partial charge is 0.293 e. The Morgan fingerprint density at radius 1 is 1.14 bits per heavy atom. The topological polar surface area (TPSA) is 85.4 Å². The van der Waals surface area contributed by atoms with Gasteiger partial charge in [0.05, 0.1) is 16.4 Å². The molecule has 0 unspecified atom stereocenters. The third-order valence-electron chi connectivity index (χ3n) is 4.55. The fraction of sp³-hybridized carbons (Fsp3) is 0.100. The maximum Gasteiger partial charge on any atom is 0.293 e. The van der Waals surface area contributed by atoms with E-state index in [4.69, 9.17) is 0 Å². The first kappa shape index (κ1) is 18.0. The lowest BCUT2D eigenvalue weighted by molar-refractivity contribution is -0.384. The van der Waals surface area contributed by atoms with Crippen LogP contribution in [-0.2, 0) is 18.4 Å². The quantitative estimate of drug-likeness (QED) is 0.374. The van der Waals surface area contributed by atoms with Crippen molar-refractivity contribution in [2.75, 3.05) is 0 Å². The van der Waals surface area contributed by atoms with Crippen LogP contribution in [-0.4, -0.2) is 25.5 Å². The Hall–Kier alpha value is -3.39. The number of rotatable bonds is 4. The van der Waals surface area contributed by atoms with E-state index >= 15 is 0 Å². The molecule has 0 bridgehead atoms. The van der Waals surface area contributed by atoms with Gasteiger partial charge in [-0.15, -0.1) is 0 Å². The van der Waals surface area contributed by atoms with Gasteiger partial charge in [-0.25, -0.2) is 0 Å². The number of carbonyl (C=O) groups is 2. The van der Waals surface area contributed by atoms with Crippen molar-refractivity contribution in [1.82, 2.24) is 9.47 Å². The maximum absolute atomic E-state index is 12.8. The summed E-state index contributed by atoms with van der Waals surface area (Å²) < 4.78 is 1.97. The zero-order valence-corrected chi connectivity index (χ0v) is 15.7. The predicted octanol–water partition coefficient (Wildman–Crippen LogP) is 4.32. The van der Waals surface area contributed by atoms with Gasteiger partial charge in [0.15, 0.2) is 0 Å². The number of aromatic nitrogens is 1. The molecule has 0 saturated carbocycles. The number of hydrogen-bond donors (Lipinski definition) is 0. The first-order chi connectivity index (χ1) is 13.4. The predicted molar refractivity (Wildman–Crippen MR) is 108 cm³/mol. The molecule has 1 saturated heterocycles. The lowest BCUT2D eigenvalue weighted by atomic mass is 10.1. The number of fused-ring (bicyclic) bond motifs is 1. The van der Waals surface area contributed by atoms with Crippen LogP contribution in [0.5, 0.6) is 0 Å². The highest BCUT2D eigenvalue weighted by Gasteiger charge is 2.35. The minimum atomic E-state index is -0.502. The second-order valence-corrected chi connectivity index (χ2v) is 7.40. The normalized spacial score (nSPS) is 15.8. The number of para-hydroxylation sites is 1. The van der Waals surface area contributed by atoms with E-state index in [1.54, 1.807) is 18.2 Å². The van der Waals surface area contributed by atoms with Gasteiger partial charge in [0.2, 0.25) is 0 Å². The van der Waals surface area contributed by atoms with Crippen LogP contribution in [0.4, 0.5) is 10.5 Å². The van der Waals surface area contributed by atoms with Crippen LogP contribution in [0.25, 0.3) is 17.0 Å². The lowest BCUT2D eigenvalue weighted by Crippen LogP contribution is -2.27. The van der Waals surface area contributed by atoms with Crippen molar-refractivity contribution in [2.45, 2.75) is 6.54 Å². The Labute approximate surface area is 164 Å². The Balaban J connectivity index is 1.63. The van der Waals surface area contributed by atoms with Gasteiger partial charge in [-0.05, 0) is 29.5 Å². The SMILES string of the molecule is Cn1cc(/C=C2\SC(=O)N(Cc3cccc([N+](=O)[O-])c3)C2=O)c2ccccc21. The minimum absolute atomic E-state index is 0.000770. The van der Waals surface area contributed by atoms with Crippen LogP contribution in [0.2, 0.25) is 0 Å². The largest absolute Gasteiger partial charge is 0.350 e. The summed E-state index contributed by atoms with van der Waals surface area (Å²) in [5, 5.41) is 11.5. The van der Waals surface area contributed by atoms with Crippen LogP contribution in [0, 0.1) is 10.1 Å². The molecular formula is C20H15N3O4S. The van der Waals surface area contributed by atoms with Crippen molar-refractivity contribution in [3.63, 3.8) is 0 Å². The number of nitro groups is 1. The Morgan fingerprint density at radius 3 is 2.71 bits per heavy atom. The van der Waals surface area contributed by atoms with Gasteiger partial charge < -0.3 is 4.57 Å². The van der Waals surface area contributed by atoms with E-state index in [1.165, 1.54) is 12.1 Å². The summed E-state index contributed by atoms with van der Waals surface area (Å²) in [6, 6.07) is 13.8. The molecule has 0 radical (unpaired) electrons. The highest BCUT2D eigenvalue weighted by atomic mass is 32.2. The van der Waals surface area contributed by atoms with Gasteiger partial charge in [0.25, 0.3) is 16.8 Å². The van der Waals surface area contributed by atoms with Crippen molar-refractivity contribution in [1.29, 1.82) is 0 Å². The Morgan fingerprint density at radius 2 is 1.93 bits per heavy atom. The number of nitro benzene ring substituents is 1. The third kappa shape index (κ3) is 3.18. The van der Waals surface area contributed by atoms with Crippen LogP contribution in [0.3, 0.4) is 0 Å². The summed E-state index contributed by atoms with van der Waals surface area (Å²) in [7, 11) is 1.92. The van der Waals surface area contributed by atoms with Crippen molar-refractivity contribution >= 4 is 45.6 Å². The number of benzene rings is 2. The summed E-state index contributed by atoms with van der Waals surface area (Å²) in [5.74, 6) is -0.394. The molecule has 3 aromatic rings. The number of carbonyl (C=O) groups excluding carboxylic acids is 2. The van der Waals surface area contributed by atoms with Crippen molar-refractivity contribution < 1.29 is 14.5 Å². The molecule has 2 heterocycles. The second kappa shape index (κ2) is 6.97. The highest BCUT2D eigenvalue weighted by Crippen LogP contribution is 2.35. The number of hydrogen-bond acceptors (Lipinski definition) is 5. The lowest BCUT2D eigenvalue weighted by Gasteiger charge is -2.12. The molecule has 2 amide bonds. The summed E-state index contributed by atoms with van der Waals surface area (Å²) in [6.07, 6.45) is 3.64. The van der Waals surface area contributed by atoms with Gasteiger partial charge in [-0.2, -0.15) is 0 Å².